The van der Waals surface area contributed by atoms with E-state index < -0.39 is 0 Å². The van der Waals surface area contributed by atoms with E-state index >= 15 is 0 Å². The van der Waals surface area contributed by atoms with E-state index in [1.807, 2.05) is 36.4 Å². The Balaban J connectivity index is 1.49. The smallest absolute Gasteiger partial charge is 0.312 e. The van der Waals surface area contributed by atoms with Gasteiger partial charge in [0.2, 0.25) is 0 Å². The predicted molar refractivity (Wildman–Crippen MR) is 96.2 cm³/mol. The van der Waals surface area contributed by atoms with E-state index in [-0.39, 0.29) is 11.5 Å². The molecule has 3 rings (SSSR count). The Morgan fingerprint density at radius 3 is 2.52 bits per heavy atom. The Morgan fingerprint density at radius 2 is 1.84 bits per heavy atom. The van der Waals surface area contributed by atoms with Crippen molar-refractivity contribution in [2.45, 2.75) is 25.7 Å². The highest BCUT2D eigenvalue weighted by Crippen LogP contribution is 2.18. The largest absolute Gasteiger partial charge is 0.344 e. The van der Waals surface area contributed by atoms with Crippen molar-refractivity contribution in [2.24, 2.45) is 0 Å². The van der Waals surface area contributed by atoms with Gasteiger partial charge in [0.1, 0.15) is 5.78 Å². The molecule has 0 radical (unpaired) electrons. The van der Waals surface area contributed by atoms with Crippen molar-refractivity contribution >= 4 is 5.78 Å². The van der Waals surface area contributed by atoms with Gasteiger partial charge in [0.15, 0.2) is 0 Å². The van der Waals surface area contributed by atoms with Crippen molar-refractivity contribution in [3.63, 3.8) is 0 Å². The van der Waals surface area contributed by atoms with Crippen molar-refractivity contribution < 1.29 is 4.79 Å². The third kappa shape index (κ3) is 4.94. The van der Waals surface area contributed by atoms with Gasteiger partial charge < -0.3 is 4.98 Å². The van der Waals surface area contributed by atoms with Gasteiger partial charge in [-0.15, -0.1) is 0 Å². The monoisotopic (exact) mass is 333 g/mol. The highest BCUT2D eigenvalue weighted by molar-refractivity contribution is 5.80. The van der Waals surface area contributed by atoms with E-state index in [2.05, 4.69) is 15.0 Å². The predicted octanol–water partition coefficient (Wildman–Crippen LogP) is 2.97. The van der Waals surface area contributed by atoms with Crippen LogP contribution in [-0.2, 0) is 17.6 Å². The second-order valence-corrected chi connectivity index (χ2v) is 5.93. The zero-order valence-corrected chi connectivity index (χ0v) is 13.8. The molecule has 126 valence electrons. The Bertz CT molecular complexity index is 866. The summed E-state index contributed by atoms with van der Waals surface area (Å²) in [7, 11) is 0. The molecule has 0 aliphatic rings. The van der Waals surface area contributed by atoms with Gasteiger partial charge >= 0.3 is 5.69 Å². The highest BCUT2D eigenvalue weighted by atomic mass is 16.1. The van der Waals surface area contributed by atoms with Gasteiger partial charge in [-0.05, 0) is 35.6 Å². The van der Waals surface area contributed by atoms with Gasteiger partial charge in [-0.25, -0.2) is 9.78 Å². The van der Waals surface area contributed by atoms with Crippen LogP contribution in [0, 0.1) is 0 Å². The minimum Gasteiger partial charge on any atom is -0.312 e. The van der Waals surface area contributed by atoms with Crippen LogP contribution < -0.4 is 5.69 Å². The molecule has 0 unspecified atom stereocenters. The maximum Gasteiger partial charge on any atom is 0.344 e. The van der Waals surface area contributed by atoms with Gasteiger partial charge in [0.05, 0.1) is 0 Å². The Kier molecular flexibility index (Phi) is 5.46. The number of Topliss-reactive ketones (excluding diaryl/α,β-unsaturated/α-hetero) is 1. The Labute approximate surface area is 145 Å². The summed E-state index contributed by atoms with van der Waals surface area (Å²) in [6, 6.07) is 11.9. The van der Waals surface area contributed by atoms with Crippen LogP contribution in [-0.4, -0.2) is 20.7 Å². The summed E-state index contributed by atoms with van der Waals surface area (Å²) in [4.78, 5) is 33.3. The molecule has 0 amide bonds. The quantitative estimate of drug-likeness (QED) is 0.721. The summed E-state index contributed by atoms with van der Waals surface area (Å²) in [6.07, 6.45) is 9.38. The zero-order valence-electron chi connectivity index (χ0n) is 13.8. The lowest BCUT2D eigenvalue weighted by Crippen LogP contribution is -2.07. The number of hydrogen-bond donors (Lipinski definition) is 1. The molecule has 0 fully saturated rings. The average Bonchev–Trinajstić information content (AvgIpc) is 2.64. The maximum atomic E-state index is 12.0. The fourth-order valence-corrected chi connectivity index (χ4v) is 2.67. The lowest BCUT2D eigenvalue weighted by atomic mass is 10.0. The van der Waals surface area contributed by atoms with E-state index in [0.29, 0.717) is 12.8 Å². The topological polar surface area (TPSA) is 75.7 Å². The third-order valence-corrected chi connectivity index (χ3v) is 4.00. The number of nitrogens with zero attached hydrogens (tertiary/aromatic N) is 2. The number of aromatic nitrogens is 3. The molecule has 0 aliphatic carbocycles. The first-order valence-corrected chi connectivity index (χ1v) is 8.25. The Hall–Kier alpha value is -3.08. The fourth-order valence-electron chi connectivity index (χ4n) is 2.67. The highest BCUT2D eigenvalue weighted by Gasteiger charge is 2.05. The first-order chi connectivity index (χ1) is 12.2. The van der Waals surface area contributed by atoms with E-state index in [1.165, 1.54) is 5.56 Å². The van der Waals surface area contributed by atoms with Gasteiger partial charge in [0, 0.05) is 43.2 Å². The molecule has 0 spiro atoms. The van der Waals surface area contributed by atoms with Crippen LogP contribution in [0.2, 0.25) is 0 Å². The van der Waals surface area contributed by atoms with Gasteiger partial charge in [-0.1, -0.05) is 30.3 Å². The first kappa shape index (κ1) is 16.8. The lowest BCUT2D eigenvalue weighted by Gasteiger charge is -2.04. The molecule has 1 N–H and O–H groups in total. The summed E-state index contributed by atoms with van der Waals surface area (Å²) >= 11 is 0. The van der Waals surface area contributed by atoms with Crippen LogP contribution in [0.15, 0.2) is 66.0 Å². The fraction of sp³-hybridized carbons (Fsp3) is 0.200. The van der Waals surface area contributed by atoms with Crippen LogP contribution in [0.25, 0.3) is 11.1 Å². The van der Waals surface area contributed by atoms with Crippen LogP contribution in [0.1, 0.15) is 24.0 Å². The van der Waals surface area contributed by atoms with Crippen molar-refractivity contribution in [2.75, 3.05) is 0 Å². The second-order valence-electron chi connectivity index (χ2n) is 5.93. The zero-order chi connectivity index (χ0) is 17.5. The number of benzene rings is 1. The normalized spacial score (nSPS) is 10.6. The van der Waals surface area contributed by atoms with Gasteiger partial charge in [-0.2, -0.15) is 0 Å². The SMILES string of the molecule is O=C(CCCc1ccc(-c2cnc(=O)[nH]c2)cc1)Cc1cccnc1. The molecular formula is C20H19N3O2. The molecule has 0 atom stereocenters. The number of aromatic amines is 1. The summed E-state index contributed by atoms with van der Waals surface area (Å²) in [5.41, 5.74) is 3.68. The number of hydrogen-bond acceptors (Lipinski definition) is 4. The number of nitrogens with one attached hydrogen (secondary N) is 1. The summed E-state index contributed by atoms with van der Waals surface area (Å²) < 4.78 is 0. The van der Waals surface area contributed by atoms with E-state index in [1.54, 1.807) is 24.8 Å². The molecule has 0 bridgehead atoms. The number of H-pyrrole nitrogens is 1. The number of aryl methyl sites for hydroxylation is 1. The van der Waals surface area contributed by atoms with E-state index in [9.17, 15) is 9.59 Å². The van der Waals surface area contributed by atoms with Gasteiger partial charge in [-0.3, -0.25) is 9.78 Å². The minimum atomic E-state index is -0.351. The van der Waals surface area contributed by atoms with E-state index in [0.717, 1.165) is 29.5 Å². The second kappa shape index (κ2) is 8.15. The molecule has 0 saturated heterocycles. The van der Waals surface area contributed by atoms with Crippen molar-refractivity contribution in [1.82, 2.24) is 15.0 Å². The number of pyridine rings is 1. The Morgan fingerprint density at radius 1 is 1.00 bits per heavy atom. The minimum absolute atomic E-state index is 0.240. The molecule has 25 heavy (non-hydrogen) atoms. The molecule has 3 aromatic rings. The van der Waals surface area contributed by atoms with Crippen molar-refractivity contribution in [3.8, 4) is 11.1 Å². The number of carbonyl (C=O) groups is 1. The van der Waals surface area contributed by atoms with E-state index in [4.69, 9.17) is 0 Å². The summed E-state index contributed by atoms with van der Waals surface area (Å²) in [5.74, 6) is 0.240. The van der Waals surface area contributed by atoms with Crippen LogP contribution in [0.5, 0.6) is 0 Å². The molecule has 5 heteroatoms. The summed E-state index contributed by atoms with van der Waals surface area (Å²) in [6.45, 7) is 0. The van der Waals surface area contributed by atoms with Crippen LogP contribution >= 0.6 is 0 Å². The number of ketones is 1. The summed E-state index contributed by atoms with van der Waals surface area (Å²) in [5, 5.41) is 0. The molecule has 1 aromatic carbocycles. The molecule has 0 aliphatic heterocycles. The van der Waals surface area contributed by atoms with Crippen LogP contribution in [0.3, 0.4) is 0 Å². The third-order valence-electron chi connectivity index (χ3n) is 4.00. The van der Waals surface area contributed by atoms with Crippen molar-refractivity contribution in [3.05, 3.63) is 82.8 Å². The number of carbonyl (C=O) groups excluding carboxylic acids is 1. The molecule has 2 heterocycles. The molecular weight excluding hydrogens is 314 g/mol. The maximum absolute atomic E-state index is 12.0. The number of rotatable bonds is 7. The lowest BCUT2D eigenvalue weighted by molar-refractivity contribution is -0.118. The standard InChI is InChI=1S/C20H19N3O2/c24-19(11-16-4-2-10-21-12-16)5-1-3-15-6-8-17(9-7-15)18-13-22-20(25)23-14-18/h2,4,6-10,12-14H,1,3,5,11H2,(H,22,23,25). The van der Waals surface area contributed by atoms with Crippen LogP contribution in [0.4, 0.5) is 0 Å². The molecule has 5 nitrogen and oxygen atoms in total. The van der Waals surface area contributed by atoms with Crippen molar-refractivity contribution in [1.29, 1.82) is 0 Å². The molecule has 0 saturated carbocycles. The van der Waals surface area contributed by atoms with Gasteiger partial charge in [0.25, 0.3) is 0 Å². The average molecular weight is 333 g/mol. The molecule has 2 aromatic heterocycles. The first-order valence-electron chi connectivity index (χ1n) is 8.25.